The molecule has 245 valence electrons. The summed E-state index contributed by atoms with van der Waals surface area (Å²) < 4.78 is 52.8. The number of hydrogen-bond donors (Lipinski definition) is 1. The molecule has 46 heavy (non-hydrogen) atoms. The van der Waals surface area contributed by atoms with Gasteiger partial charge in [0.25, 0.3) is 0 Å². The number of carbonyl (C=O) groups excluding carboxylic acids is 1. The Morgan fingerprint density at radius 3 is 2.46 bits per heavy atom. The fourth-order valence-corrected chi connectivity index (χ4v) is 6.37. The van der Waals surface area contributed by atoms with Crippen LogP contribution >= 0.6 is 0 Å². The van der Waals surface area contributed by atoms with E-state index in [2.05, 4.69) is 11.1 Å². The van der Waals surface area contributed by atoms with Crippen LogP contribution in [-0.4, -0.2) is 22.0 Å². The number of ketones is 1. The molecule has 0 aliphatic heterocycles. The fraction of sp³-hybridized carbons (Fsp3) is 0.400. The number of para-hydroxylation sites is 1. The van der Waals surface area contributed by atoms with E-state index in [4.69, 9.17) is 9.90 Å². The van der Waals surface area contributed by atoms with Crippen molar-refractivity contribution in [3.63, 3.8) is 0 Å². The van der Waals surface area contributed by atoms with E-state index in [1.165, 1.54) is 6.08 Å². The van der Waals surface area contributed by atoms with Crippen LogP contribution in [0.2, 0.25) is 0 Å². The van der Waals surface area contributed by atoms with Crippen LogP contribution in [0.3, 0.4) is 0 Å². The van der Waals surface area contributed by atoms with Gasteiger partial charge in [0.05, 0.1) is 11.3 Å². The molecule has 0 saturated heterocycles. The van der Waals surface area contributed by atoms with Crippen molar-refractivity contribution in [2.24, 2.45) is 11.8 Å². The minimum Gasteiger partial charge on any atom is -0.512 e. The molecule has 1 fully saturated rings. The van der Waals surface area contributed by atoms with Crippen LogP contribution in [0, 0.1) is 24.8 Å². The molecule has 2 heterocycles. The molecular formula is C40H45FIrNO3-. The Morgan fingerprint density at radius 2 is 1.78 bits per heavy atom. The van der Waals surface area contributed by atoms with E-state index < -0.39 is 18.9 Å². The molecule has 1 radical (unpaired) electrons. The van der Waals surface area contributed by atoms with E-state index in [1.54, 1.807) is 12.3 Å². The van der Waals surface area contributed by atoms with Gasteiger partial charge in [0, 0.05) is 55.1 Å². The predicted octanol–water partition coefficient (Wildman–Crippen LogP) is 11.4. The minimum absolute atomic E-state index is 0. The van der Waals surface area contributed by atoms with Crippen molar-refractivity contribution in [3.05, 3.63) is 89.8 Å². The normalized spacial score (nSPS) is 19.8. The van der Waals surface area contributed by atoms with Gasteiger partial charge in [0.2, 0.25) is 0 Å². The van der Waals surface area contributed by atoms with Gasteiger partial charge in [-0.2, -0.15) is 0 Å². The van der Waals surface area contributed by atoms with Crippen molar-refractivity contribution in [2.75, 3.05) is 0 Å². The van der Waals surface area contributed by atoms with E-state index in [0.717, 1.165) is 47.4 Å². The molecule has 4 nitrogen and oxygen atoms in total. The van der Waals surface area contributed by atoms with E-state index in [1.807, 2.05) is 76.2 Å². The van der Waals surface area contributed by atoms with Crippen molar-refractivity contribution >= 4 is 38.5 Å². The minimum atomic E-state index is -2.35. The van der Waals surface area contributed by atoms with Crippen molar-refractivity contribution < 1.29 is 44.3 Å². The molecule has 3 aromatic carbocycles. The Labute approximate surface area is 291 Å². The summed E-state index contributed by atoms with van der Waals surface area (Å²) >= 11 is 0. The summed E-state index contributed by atoms with van der Waals surface area (Å²) in [6, 6.07) is 19.8. The first-order valence-corrected chi connectivity index (χ1v) is 16.2. The maximum atomic E-state index is 13.9. The van der Waals surface area contributed by atoms with Crippen molar-refractivity contribution in [3.8, 4) is 11.3 Å². The summed E-state index contributed by atoms with van der Waals surface area (Å²) in [6.45, 7) is 5.73. The van der Waals surface area contributed by atoms with Crippen LogP contribution in [0.25, 0.3) is 44.0 Å². The summed E-state index contributed by atoms with van der Waals surface area (Å²) in [7, 11) is 0. The van der Waals surface area contributed by atoms with Crippen LogP contribution in [0.1, 0.15) is 95.1 Å². The van der Waals surface area contributed by atoms with Crippen LogP contribution < -0.4 is 0 Å². The van der Waals surface area contributed by atoms with Gasteiger partial charge in [0.1, 0.15) is 11.8 Å². The molecule has 1 aliphatic rings. The number of fused-ring (bicyclic) bond motifs is 4. The van der Waals surface area contributed by atoms with E-state index in [9.17, 15) is 14.3 Å². The van der Waals surface area contributed by atoms with Crippen LogP contribution in [0.5, 0.6) is 0 Å². The summed E-state index contributed by atoms with van der Waals surface area (Å²) in [6.07, 6.45) is 6.72. The van der Waals surface area contributed by atoms with Crippen molar-refractivity contribution in [1.82, 2.24) is 4.98 Å². The Morgan fingerprint density at radius 1 is 1.04 bits per heavy atom. The number of nitrogens with zero attached hydrogens (tertiary/aromatic N) is 1. The van der Waals surface area contributed by atoms with E-state index in [-0.39, 0.29) is 55.5 Å². The number of alkyl halides is 1. The third kappa shape index (κ3) is 7.61. The number of rotatable bonds is 9. The second-order valence-corrected chi connectivity index (χ2v) is 11.9. The summed E-state index contributed by atoms with van der Waals surface area (Å²) in [5.41, 5.74) is 3.13. The second-order valence-electron chi connectivity index (χ2n) is 11.9. The third-order valence-electron chi connectivity index (χ3n) is 9.13. The summed E-state index contributed by atoms with van der Waals surface area (Å²) in [5, 5.41) is 12.9. The number of halogens is 1. The number of allylic oxidation sites excluding steroid dienone is 2. The number of aliphatic hydroxyl groups excluding tert-OH is 1. The average molecular weight is 803 g/mol. The number of hydrogen-bond acceptors (Lipinski definition) is 4. The quantitative estimate of drug-likeness (QED) is 0.0916. The zero-order chi connectivity index (χ0) is 35.5. The van der Waals surface area contributed by atoms with Gasteiger partial charge in [0.15, 0.2) is 5.78 Å². The molecular weight excluding hydrogens is 754 g/mol. The molecule has 1 N–H and O–H groups in total. The Hall–Kier alpha value is -3.34. The topological polar surface area (TPSA) is 63.3 Å². The van der Waals surface area contributed by atoms with E-state index >= 15 is 0 Å². The van der Waals surface area contributed by atoms with Gasteiger partial charge < -0.3 is 14.5 Å². The van der Waals surface area contributed by atoms with Gasteiger partial charge in [-0.05, 0) is 85.0 Å². The largest absolute Gasteiger partial charge is 0.512 e. The van der Waals surface area contributed by atoms with Gasteiger partial charge in [-0.15, -0.1) is 17.7 Å². The number of carbonyl (C=O) groups is 1. The first-order valence-electron chi connectivity index (χ1n) is 18.2. The smallest absolute Gasteiger partial charge is 0.162 e. The van der Waals surface area contributed by atoms with Gasteiger partial charge in [-0.25, -0.2) is 4.39 Å². The Bertz CT molecular complexity index is 1980. The van der Waals surface area contributed by atoms with Crippen molar-refractivity contribution in [2.45, 2.75) is 91.6 Å². The number of furan rings is 1. The molecule has 6 heteroatoms. The maximum Gasteiger partial charge on any atom is 0.162 e. The van der Waals surface area contributed by atoms with Gasteiger partial charge >= 0.3 is 0 Å². The second kappa shape index (κ2) is 16.0. The zero-order valence-corrected chi connectivity index (χ0v) is 29.3. The predicted molar refractivity (Wildman–Crippen MR) is 183 cm³/mol. The molecule has 6 rings (SSSR count). The third-order valence-corrected chi connectivity index (χ3v) is 9.13. The molecule has 5 aromatic rings. The molecule has 1 aliphatic carbocycles. The standard InChI is InChI=1S/C27H21FNO.C13H24O2.Ir/c1-16-12-23-22-4-2-3-5-25(22)30-27(23)24(13-16)26-21-9-7-17(14-19(21)10-11-29-26)18-6-8-20(28)15-18;1-5-10(6-2)12(14)9-13(15)11(7-3)8-4;/h2-5,7,9-12,14,18,20H,6,8,15H2,1H3;9-11,14H,5-8H2,1-4H3;/q-1;;/b;12-9-;/i1D3,18D;;. The monoisotopic (exact) mass is 803 g/mol. The summed E-state index contributed by atoms with van der Waals surface area (Å²) in [5.74, 6) is -0.387. The maximum absolute atomic E-state index is 13.9. The average Bonchev–Trinajstić information content (AvgIpc) is 3.64. The fourth-order valence-electron chi connectivity index (χ4n) is 6.37. The molecule has 0 bridgehead atoms. The number of aliphatic hydroxyl groups is 1. The Balaban J connectivity index is 0.000000301. The zero-order valence-electron chi connectivity index (χ0n) is 31.0. The molecule has 0 spiro atoms. The Kier molecular flexibility index (Phi) is 10.4. The first-order chi connectivity index (χ1) is 23.3. The summed E-state index contributed by atoms with van der Waals surface area (Å²) in [4.78, 5) is 16.3. The molecule has 1 saturated carbocycles. The number of pyridine rings is 1. The molecule has 2 aromatic heterocycles. The van der Waals surface area contributed by atoms with Gasteiger partial charge in [-0.3, -0.25) is 4.79 Å². The van der Waals surface area contributed by atoms with Crippen molar-refractivity contribution in [1.29, 1.82) is 0 Å². The molecule has 2 atom stereocenters. The van der Waals surface area contributed by atoms with Crippen LogP contribution in [0.15, 0.2) is 77.0 Å². The number of benzene rings is 3. The molecule has 2 unspecified atom stereocenters. The van der Waals surface area contributed by atoms with Crippen LogP contribution in [0.4, 0.5) is 4.39 Å². The first kappa shape index (κ1) is 30.0. The molecule has 0 amide bonds. The number of aryl methyl sites for hydroxylation is 1. The SMILES string of the molecule is CCC(CC)C(=O)/C=C(\O)C(CC)CC.[2H]C([2H])([2H])c1[c-]c(-c2nccc3cc(C4([2H])CCC(F)C4)ccc23)c2oc3ccccc3c2c1.[Ir]. The van der Waals surface area contributed by atoms with Crippen LogP contribution in [-0.2, 0) is 24.9 Å². The van der Waals surface area contributed by atoms with Gasteiger partial charge in [-0.1, -0.05) is 81.9 Å². The van der Waals surface area contributed by atoms with E-state index in [0.29, 0.717) is 40.7 Å². The number of aromatic nitrogens is 1.